The Labute approximate surface area is 60.8 Å². The molecule has 1 rings (SSSR count). The molecule has 0 saturated carbocycles. The average molecular weight is 151 g/mol. The van der Waals surface area contributed by atoms with Crippen LogP contribution in [0.4, 0.5) is 0 Å². The van der Waals surface area contributed by atoms with E-state index in [4.69, 9.17) is 0 Å². The Hall–Kier alpha value is -0.280. The highest BCUT2D eigenvalue weighted by Crippen LogP contribution is 2.02. The summed E-state index contributed by atoms with van der Waals surface area (Å²) < 4.78 is 0. The van der Waals surface area contributed by atoms with Gasteiger partial charge in [-0.3, -0.25) is 10.2 Å². The predicted molar refractivity (Wildman–Crippen MR) is 37.2 cm³/mol. The number of hydrogen-bond donors (Lipinski definition) is 1. The zero-order valence-electron chi connectivity index (χ0n) is 5.55. The Morgan fingerprint density at radius 2 is 2.33 bits per heavy atom. The molecule has 0 radical (unpaired) electrons. The zero-order valence-corrected chi connectivity index (χ0v) is 6.36. The number of amides is 1. The second kappa shape index (κ2) is 3.03. The molecule has 3 nitrogen and oxygen atoms in total. The molecule has 1 aliphatic rings. The third-order valence-electron chi connectivity index (χ3n) is 1.30. The molecule has 1 heterocycles. The van der Waals surface area contributed by atoms with Crippen LogP contribution < -0.4 is 5.43 Å². The third-order valence-corrected chi connectivity index (χ3v) is 1.30. The van der Waals surface area contributed by atoms with Gasteiger partial charge in [0.15, 0.2) is 0 Å². The maximum Gasteiger partial charge on any atom is 0.238 e. The van der Waals surface area contributed by atoms with Crippen molar-refractivity contribution >= 4 is 18.3 Å². The number of hydrazine groups is 1. The van der Waals surface area contributed by atoms with Crippen molar-refractivity contribution in [3.8, 4) is 0 Å². The molecule has 54 valence electrons. The molecule has 1 unspecified atom stereocenters. The van der Waals surface area contributed by atoms with Crippen LogP contribution in [-0.4, -0.2) is 24.5 Å². The van der Waals surface area contributed by atoms with Crippen molar-refractivity contribution in [2.45, 2.75) is 6.92 Å². The van der Waals surface area contributed by atoms with Crippen LogP contribution in [0.3, 0.4) is 0 Å². The first-order valence-corrected chi connectivity index (χ1v) is 2.72. The van der Waals surface area contributed by atoms with Crippen LogP contribution in [0, 0.1) is 5.92 Å². The molecule has 0 aromatic rings. The van der Waals surface area contributed by atoms with Gasteiger partial charge in [0, 0.05) is 13.6 Å². The lowest BCUT2D eigenvalue weighted by Gasteiger charge is -2.03. The molecular formula is C5H11ClN2O. The van der Waals surface area contributed by atoms with Gasteiger partial charge in [0.1, 0.15) is 0 Å². The van der Waals surface area contributed by atoms with Crippen molar-refractivity contribution in [3.05, 3.63) is 0 Å². The third kappa shape index (κ3) is 1.84. The summed E-state index contributed by atoms with van der Waals surface area (Å²) >= 11 is 0. The SMILES string of the molecule is CC1CN(C)NC1=O.Cl. The van der Waals surface area contributed by atoms with E-state index < -0.39 is 0 Å². The molecule has 0 spiro atoms. The minimum absolute atomic E-state index is 0. The quantitative estimate of drug-likeness (QED) is 0.528. The molecule has 1 aliphatic heterocycles. The van der Waals surface area contributed by atoms with Crippen molar-refractivity contribution in [3.63, 3.8) is 0 Å². The Kier molecular flexibility index (Phi) is 2.94. The van der Waals surface area contributed by atoms with Gasteiger partial charge in [0.05, 0.1) is 5.92 Å². The summed E-state index contributed by atoms with van der Waals surface area (Å²) in [6.07, 6.45) is 0. The minimum Gasteiger partial charge on any atom is -0.289 e. The first-order chi connectivity index (χ1) is 3.70. The smallest absolute Gasteiger partial charge is 0.238 e. The van der Waals surface area contributed by atoms with Gasteiger partial charge in [0.25, 0.3) is 0 Å². The predicted octanol–water partition coefficient (Wildman–Crippen LogP) is 0.0209. The van der Waals surface area contributed by atoms with Gasteiger partial charge in [-0.05, 0) is 0 Å². The van der Waals surface area contributed by atoms with Crippen molar-refractivity contribution in [1.29, 1.82) is 0 Å². The Bertz CT molecular complexity index is 118. The Balaban J connectivity index is 0.000000640. The molecule has 1 saturated heterocycles. The van der Waals surface area contributed by atoms with E-state index in [0.717, 1.165) is 6.54 Å². The number of hydrogen-bond acceptors (Lipinski definition) is 2. The van der Waals surface area contributed by atoms with Crippen LogP contribution in [0.15, 0.2) is 0 Å². The fourth-order valence-corrected chi connectivity index (χ4v) is 0.838. The lowest BCUT2D eigenvalue weighted by molar-refractivity contribution is -0.123. The number of nitrogens with zero attached hydrogens (tertiary/aromatic N) is 1. The Morgan fingerprint density at radius 1 is 1.78 bits per heavy atom. The van der Waals surface area contributed by atoms with E-state index >= 15 is 0 Å². The van der Waals surface area contributed by atoms with E-state index in [-0.39, 0.29) is 24.2 Å². The second-order valence-electron chi connectivity index (χ2n) is 2.26. The summed E-state index contributed by atoms with van der Waals surface area (Å²) in [7, 11) is 1.86. The molecule has 0 aromatic carbocycles. The van der Waals surface area contributed by atoms with E-state index in [1.54, 1.807) is 5.01 Å². The number of rotatable bonds is 0. The molecule has 0 aromatic heterocycles. The van der Waals surface area contributed by atoms with Gasteiger partial charge >= 0.3 is 0 Å². The first kappa shape index (κ1) is 8.72. The summed E-state index contributed by atoms with van der Waals surface area (Å²) in [6.45, 7) is 2.75. The van der Waals surface area contributed by atoms with Gasteiger partial charge in [-0.2, -0.15) is 0 Å². The summed E-state index contributed by atoms with van der Waals surface area (Å²) in [5.74, 6) is 0.299. The molecule has 1 fully saturated rings. The van der Waals surface area contributed by atoms with E-state index in [1.807, 2.05) is 14.0 Å². The first-order valence-electron chi connectivity index (χ1n) is 2.72. The highest BCUT2D eigenvalue weighted by atomic mass is 35.5. The normalized spacial score (nSPS) is 27.3. The van der Waals surface area contributed by atoms with E-state index in [2.05, 4.69) is 5.43 Å². The Morgan fingerprint density at radius 3 is 2.44 bits per heavy atom. The standard InChI is InChI=1S/C5H10N2O.ClH/c1-4-3-7(2)6-5(4)8;/h4H,3H2,1-2H3,(H,6,8);1H. The minimum atomic E-state index is 0. The summed E-state index contributed by atoms with van der Waals surface area (Å²) in [4.78, 5) is 10.6. The summed E-state index contributed by atoms with van der Waals surface area (Å²) in [5.41, 5.74) is 2.66. The van der Waals surface area contributed by atoms with E-state index in [1.165, 1.54) is 0 Å². The number of halogens is 1. The lowest BCUT2D eigenvalue weighted by atomic mass is 10.2. The molecule has 4 heteroatoms. The highest BCUT2D eigenvalue weighted by molar-refractivity contribution is 5.85. The van der Waals surface area contributed by atoms with Crippen molar-refractivity contribution in [2.75, 3.05) is 13.6 Å². The number of carbonyl (C=O) groups is 1. The maximum absolute atomic E-state index is 10.6. The highest BCUT2D eigenvalue weighted by Gasteiger charge is 2.22. The largest absolute Gasteiger partial charge is 0.289 e. The lowest BCUT2D eigenvalue weighted by Crippen LogP contribution is -2.28. The number of carbonyl (C=O) groups excluding carboxylic acids is 1. The molecule has 1 amide bonds. The average Bonchev–Trinajstić information content (AvgIpc) is 1.85. The molecule has 1 N–H and O–H groups in total. The second-order valence-corrected chi connectivity index (χ2v) is 2.26. The van der Waals surface area contributed by atoms with E-state index in [0.29, 0.717) is 0 Å². The fraction of sp³-hybridized carbons (Fsp3) is 0.800. The van der Waals surface area contributed by atoms with Gasteiger partial charge in [-0.15, -0.1) is 12.4 Å². The van der Waals surface area contributed by atoms with Crippen molar-refractivity contribution in [1.82, 2.24) is 10.4 Å². The van der Waals surface area contributed by atoms with Gasteiger partial charge < -0.3 is 0 Å². The van der Waals surface area contributed by atoms with Crippen LogP contribution in [0.2, 0.25) is 0 Å². The maximum atomic E-state index is 10.6. The number of nitrogens with one attached hydrogen (secondary N) is 1. The molecular weight excluding hydrogens is 140 g/mol. The van der Waals surface area contributed by atoms with Gasteiger partial charge in [0.2, 0.25) is 5.91 Å². The van der Waals surface area contributed by atoms with Crippen LogP contribution in [0.5, 0.6) is 0 Å². The molecule has 0 aliphatic carbocycles. The van der Waals surface area contributed by atoms with Crippen LogP contribution in [0.1, 0.15) is 6.92 Å². The molecule has 9 heavy (non-hydrogen) atoms. The van der Waals surface area contributed by atoms with Crippen LogP contribution >= 0.6 is 12.4 Å². The summed E-state index contributed by atoms with van der Waals surface area (Å²) in [6, 6.07) is 0. The van der Waals surface area contributed by atoms with Crippen LogP contribution in [-0.2, 0) is 4.79 Å². The zero-order chi connectivity index (χ0) is 6.15. The van der Waals surface area contributed by atoms with Gasteiger partial charge in [-0.25, -0.2) is 5.01 Å². The van der Waals surface area contributed by atoms with Crippen molar-refractivity contribution < 1.29 is 4.79 Å². The molecule has 0 bridgehead atoms. The monoisotopic (exact) mass is 150 g/mol. The van der Waals surface area contributed by atoms with Crippen molar-refractivity contribution in [2.24, 2.45) is 5.92 Å². The van der Waals surface area contributed by atoms with Crippen LogP contribution in [0.25, 0.3) is 0 Å². The summed E-state index contributed by atoms with van der Waals surface area (Å²) in [5, 5.41) is 1.80. The van der Waals surface area contributed by atoms with Gasteiger partial charge in [-0.1, -0.05) is 6.92 Å². The van der Waals surface area contributed by atoms with E-state index in [9.17, 15) is 4.79 Å². The molecule has 1 atom stereocenters. The fourth-order valence-electron chi connectivity index (χ4n) is 0.838. The topological polar surface area (TPSA) is 32.3 Å².